The van der Waals surface area contributed by atoms with Crippen LogP contribution in [-0.2, 0) is 10.0 Å². The number of rotatable bonds is 9. The Kier molecular flexibility index (Phi) is 7.21. The molecular weight excluding hydrogens is 306 g/mol. The molecule has 0 radical (unpaired) electrons. The van der Waals surface area contributed by atoms with Crippen molar-refractivity contribution in [2.75, 3.05) is 0 Å². The highest BCUT2D eigenvalue weighted by Gasteiger charge is 2.19. The number of unbranched alkanes of at least 4 members (excludes halogenated alkanes) is 1. The van der Waals surface area contributed by atoms with Gasteiger partial charge in [-0.2, -0.15) is 0 Å². The maximum Gasteiger partial charge on any atom is 0.242 e. The molecule has 0 saturated heterocycles. The molecular formula is C14H23N3O2S2. The van der Waals surface area contributed by atoms with Gasteiger partial charge < -0.3 is 5.73 Å². The first-order chi connectivity index (χ1) is 9.90. The zero-order chi connectivity index (χ0) is 15.9. The van der Waals surface area contributed by atoms with Crippen LogP contribution in [0.4, 0.5) is 0 Å². The van der Waals surface area contributed by atoms with E-state index in [-0.39, 0.29) is 15.9 Å². The number of thiocarbonyl (C=S) groups is 1. The molecule has 3 N–H and O–H groups in total. The van der Waals surface area contributed by atoms with E-state index in [9.17, 15) is 8.42 Å². The molecule has 21 heavy (non-hydrogen) atoms. The van der Waals surface area contributed by atoms with Gasteiger partial charge in [-0.3, -0.25) is 4.98 Å². The number of hydrogen-bond donors (Lipinski definition) is 2. The number of nitrogens with zero attached hydrogens (tertiary/aromatic N) is 1. The molecule has 0 spiro atoms. The van der Waals surface area contributed by atoms with Crippen LogP contribution < -0.4 is 10.5 Å². The van der Waals surface area contributed by atoms with Gasteiger partial charge in [0, 0.05) is 12.2 Å². The molecule has 0 aromatic carbocycles. The fourth-order valence-corrected chi connectivity index (χ4v) is 3.40. The summed E-state index contributed by atoms with van der Waals surface area (Å²) in [6, 6.07) is 2.97. The Morgan fingerprint density at radius 1 is 1.33 bits per heavy atom. The van der Waals surface area contributed by atoms with Crippen molar-refractivity contribution in [2.24, 2.45) is 5.73 Å². The lowest BCUT2D eigenvalue weighted by Crippen LogP contribution is -2.34. The monoisotopic (exact) mass is 329 g/mol. The van der Waals surface area contributed by atoms with Gasteiger partial charge in [-0.1, -0.05) is 45.3 Å². The molecule has 5 nitrogen and oxygen atoms in total. The second-order valence-corrected chi connectivity index (χ2v) is 7.15. The van der Waals surface area contributed by atoms with Crippen LogP contribution in [0.25, 0.3) is 0 Å². The standard InChI is InChI=1S/C14H23N3O2S2/c1-3-5-7-11(6-4-2)17-21(18,19)12-8-9-13(14(15)20)16-10-12/h8-11,17H,3-7H2,1-2H3,(H2,15,20). The van der Waals surface area contributed by atoms with Crippen molar-refractivity contribution in [1.82, 2.24) is 9.71 Å². The number of nitrogens with one attached hydrogen (secondary N) is 1. The van der Waals surface area contributed by atoms with Gasteiger partial charge in [-0.15, -0.1) is 0 Å². The molecule has 0 fully saturated rings. The number of hydrogen-bond acceptors (Lipinski definition) is 4. The third-order valence-electron chi connectivity index (χ3n) is 3.16. The summed E-state index contributed by atoms with van der Waals surface area (Å²) in [5.41, 5.74) is 5.87. The van der Waals surface area contributed by atoms with Gasteiger partial charge in [0.25, 0.3) is 0 Å². The van der Waals surface area contributed by atoms with Crippen LogP contribution in [-0.4, -0.2) is 24.4 Å². The second kappa shape index (κ2) is 8.41. The number of nitrogens with two attached hydrogens (primary N) is 1. The van der Waals surface area contributed by atoms with Gasteiger partial charge in [0.05, 0.1) is 5.69 Å². The summed E-state index contributed by atoms with van der Waals surface area (Å²) in [6.07, 6.45) is 5.97. The summed E-state index contributed by atoms with van der Waals surface area (Å²) in [5.74, 6) is 0. The maximum absolute atomic E-state index is 12.3. The van der Waals surface area contributed by atoms with Gasteiger partial charge in [0.2, 0.25) is 10.0 Å². The molecule has 1 atom stereocenters. The van der Waals surface area contributed by atoms with Crippen molar-refractivity contribution in [2.45, 2.75) is 56.9 Å². The van der Waals surface area contributed by atoms with Crippen LogP contribution in [0.5, 0.6) is 0 Å². The molecule has 118 valence electrons. The van der Waals surface area contributed by atoms with Gasteiger partial charge >= 0.3 is 0 Å². The fraction of sp³-hybridized carbons (Fsp3) is 0.571. The Balaban J connectivity index is 2.85. The predicted molar refractivity (Wildman–Crippen MR) is 88.7 cm³/mol. The average molecular weight is 329 g/mol. The highest BCUT2D eigenvalue weighted by molar-refractivity contribution is 7.89. The Morgan fingerprint density at radius 2 is 2.05 bits per heavy atom. The fourth-order valence-electron chi connectivity index (χ4n) is 2.03. The smallest absolute Gasteiger partial charge is 0.242 e. The van der Waals surface area contributed by atoms with Crippen LogP contribution >= 0.6 is 12.2 Å². The number of aromatic nitrogens is 1. The van der Waals surface area contributed by atoms with Crippen molar-refractivity contribution in [3.8, 4) is 0 Å². The average Bonchev–Trinajstić information content (AvgIpc) is 2.45. The molecule has 7 heteroatoms. The minimum absolute atomic E-state index is 0.0322. The first kappa shape index (κ1) is 18.0. The summed E-state index contributed by atoms with van der Waals surface area (Å²) in [4.78, 5) is 4.27. The van der Waals surface area contributed by atoms with E-state index in [1.165, 1.54) is 18.3 Å². The maximum atomic E-state index is 12.3. The molecule has 1 unspecified atom stereocenters. The first-order valence-corrected chi connectivity index (χ1v) is 9.08. The largest absolute Gasteiger partial charge is 0.388 e. The van der Waals surface area contributed by atoms with Gasteiger partial charge in [0.1, 0.15) is 9.88 Å². The van der Waals surface area contributed by atoms with Crippen LogP contribution in [0.2, 0.25) is 0 Å². The topological polar surface area (TPSA) is 85.1 Å². The molecule has 0 aliphatic rings. The van der Waals surface area contributed by atoms with Crippen molar-refractivity contribution in [1.29, 1.82) is 0 Å². The molecule has 0 amide bonds. The second-order valence-electron chi connectivity index (χ2n) is 4.99. The Labute approximate surface area is 132 Å². The lowest BCUT2D eigenvalue weighted by molar-refractivity contribution is 0.483. The normalized spacial score (nSPS) is 13.0. The highest BCUT2D eigenvalue weighted by Crippen LogP contribution is 2.13. The van der Waals surface area contributed by atoms with E-state index in [1.54, 1.807) is 0 Å². The van der Waals surface area contributed by atoms with Crippen molar-refractivity contribution < 1.29 is 8.42 Å². The summed E-state index contributed by atoms with van der Waals surface area (Å²) < 4.78 is 27.5. The Bertz CT molecular complexity index is 556. The molecule has 0 aliphatic carbocycles. The molecule has 1 heterocycles. The first-order valence-electron chi connectivity index (χ1n) is 7.18. The lowest BCUT2D eigenvalue weighted by atomic mass is 10.1. The van der Waals surface area contributed by atoms with E-state index in [2.05, 4.69) is 16.6 Å². The van der Waals surface area contributed by atoms with E-state index in [1.807, 2.05) is 6.92 Å². The summed E-state index contributed by atoms with van der Waals surface area (Å²) >= 11 is 4.80. The van der Waals surface area contributed by atoms with Crippen LogP contribution in [0.15, 0.2) is 23.2 Å². The van der Waals surface area contributed by atoms with Gasteiger partial charge in [-0.05, 0) is 25.0 Å². The van der Waals surface area contributed by atoms with E-state index in [4.69, 9.17) is 18.0 Å². The van der Waals surface area contributed by atoms with Crippen LogP contribution in [0, 0.1) is 0 Å². The van der Waals surface area contributed by atoms with Gasteiger partial charge in [0.15, 0.2) is 0 Å². The third-order valence-corrected chi connectivity index (χ3v) is 4.88. The Morgan fingerprint density at radius 3 is 2.52 bits per heavy atom. The molecule has 0 aliphatic heterocycles. The minimum Gasteiger partial charge on any atom is -0.388 e. The number of pyridine rings is 1. The molecule has 0 bridgehead atoms. The third kappa shape index (κ3) is 5.68. The zero-order valence-electron chi connectivity index (χ0n) is 12.5. The minimum atomic E-state index is -3.55. The summed E-state index contributed by atoms with van der Waals surface area (Å²) in [5, 5.41) is 0. The summed E-state index contributed by atoms with van der Waals surface area (Å²) in [6.45, 7) is 4.14. The highest BCUT2D eigenvalue weighted by atomic mass is 32.2. The SMILES string of the molecule is CCCCC(CCC)NS(=O)(=O)c1ccc(C(N)=S)nc1. The van der Waals surface area contributed by atoms with Crippen molar-refractivity contribution in [3.63, 3.8) is 0 Å². The zero-order valence-corrected chi connectivity index (χ0v) is 14.1. The van der Waals surface area contributed by atoms with Crippen molar-refractivity contribution >= 4 is 27.2 Å². The predicted octanol–water partition coefficient (Wildman–Crippen LogP) is 2.35. The lowest BCUT2D eigenvalue weighted by Gasteiger charge is -2.17. The number of sulfonamides is 1. The van der Waals surface area contributed by atoms with Gasteiger partial charge in [-0.25, -0.2) is 13.1 Å². The van der Waals surface area contributed by atoms with E-state index >= 15 is 0 Å². The Hall–Kier alpha value is -1.05. The molecule has 1 rings (SSSR count). The summed E-state index contributed by atoms with van der Waals surface area (Å²) in [7, 11) is -3.55. The van der Waals surface area contributed by atoms with E-state index in [0.29, 0.717) is 5.69 Å². The van der Waals surface area contributed by atoms with E-state index in [0.717, 1.165) is 32.1 Å². The van der Waals surface area contributed by atoms with Crippen LogP contribution in [0.1, 0.15) is 51.6 Å². The van der Waals surface area contributed by atoms with Crippen LogP contribution in [0.3, 0.4) is 0 Å². The quantitative estimate of drug-likeness (QED) is 0.679. The molecule has 0 saturated carbocycles. The van der Waals surface area contributed by atoms with E-state index < -0.39 is 10.0 Å². The van der Waals surface area contributed by atoms with Crippen molar-refractivity contribution in [3.05, 3.63) is 24.0 Å². The molecule has 1 aromatic heterocycles. The molecule has 1 aromatic rings.